The van der Waals surface area contributed by atoms with Gasteiger partial charge in [0.1, 0.15) is 0 Å². The summed E-state index contributed by atoms with van der Waals surface area (Å²) in [4.78, 5) is 13.7. The van der Waals surface area contributed by atoms with E-state index in [1.54, 1.807) is 4.90 Å². The number of hydrogen-bond acceptors (Lipinski definition) is 2. The second-order valence-corrected chi connectivity index (χ2v) is 4.98. The van der Waals surface area contributed by atoms with Crippen LogP contribution in [0.1, 0.15) is 31.7 Å². The fourth-order valence-electron chi connectivity index (χ4n) is 2.29. The first kappa shape index (κ1) is 12.1. The van der Waals surface area contributed by atoms with Crippen molar-refractivity contribution in [1.29, 1.82) is 0 Å². The van der Waals surface area contributed by atoms with Crippen LogP contribution in [-0.2, 0) is 4.79 Å². The molecule has 17 heavy (non-hydrogen) atoms. The molecule has 1 amide bonds. The molecule has 1 aromatic carbocycles. The second kappa shape index (κ2) is 4.88. The van der Waals surface area contributed by atoms with Gasteiger partial charge in [-0.15, -0.1) is 0 Å². The van der Waals surface area contributed by atoms with Crippen LogP contribution in [0, 0.1) is 0 Å². The molecule has 1 aliphatic rings. The Hall–Kier alpha value is -1.35. The number of nitrogens with one attached hydrogen (secondary N) is 1. The molecule has 0 saturated heterocycles. The number of hydrogen-bond donors (Lipinski definition) is 1. The highest BCUT2D eigenvalue weighted by Gasteiger charge is 2.28. The summed E-state index contributed by atoms with van der Waals surface area (Å²) in [6.45, 7) is 5.12. The zero-order valence-corrected chi connectivity index (χ0v) is 10.7. The average molecular weight is 232 g/mol. The highest BCUT2D eigenvalue weighted by Crippen LogP contribution is 2.34. The average Bonchev–Trinajstić information content (AvgIpc) is 2.32. The van der Waals surface area contributed by atoms with Gasteiger partial charge in [0.25, 0.3) is 0 Å². The maximum absolute atomic E-state index is 11.9. The highest BCUT2D eigenvalue weighted by atomic mass is 16.2. The van der Waals surface area contributed by atoms with Crippen molar-refractivity contribution in [2.24, 2.45) is 0 Å². The van der Waals surface area contributed by atoms with Crippen molar-refractivity contribution in [3.8, 4) is 0 Å². The summed E-state index contributed by atoms with van der Waals surface area (Å²) < 4.78 is 0. The lowest BCUT2D eigenvalue weighted by Crippen LogP contribution is -2.37. The van der Waals surface area contributed by atoms with E-state index in [0.717, 1.165) is 12.2 Å². The van der Waals surface area contributed by atoms with Gasteiger partial charge in [-0.3, -0.25) is 4.79 Å². The third-order valence-corrected chi connectivity index (χ3v) is 3.31. The molecule has 1 atom stereocenters. The van der Waals surface area contributed by atoms with Crippen LogP contribution in [0.25, 0.3) is 0 Å². The Labute approximate surface area is 103 Å². The van der Waals surface area contributed by atoms with Crippen LogP contribution >= 0.6 is 0 Å². The Morgan fingerprint density at radius 1 is 1.41 bits per heavy atom. The lowest BCUT2D eigenvalue weighted by molar-refractivity contribution is -0.119. The van der Waals surface area contributed by atoms with Gasteiger partial charge in [0.2, 0.25) is 5.91 Å². The van der Waals surface area contributed by atoms with Crippen molar-refractivity contribution in [1.82, 2.24) is 5.32 Å². The number of amides is 1. The molecule has 0 aromatic heterocycles. The van der Waals surface area contributed by atoms with Crippen LogP contribution in [0.4, 0.5) is 5.69 Å². The lowest BCUT2D eigenvalue weighted by atomic mass is 9.89. The molecule has 0 bridgehead atoms. The Kier molecular flexibility index (Phi) is 3.48. The first-order valence-corrected chi connectivity index (χ1v) is 6.18. The number of benzene rings is 1. The van der Waals surface area contributed by atoms with Crippen LogP contribution in [0.15, 0.2) is 24.3 Å². The minimum atomic E-state index is 0.208. The van der Waals surface area contributed by atoms with Gasteiger partial charge in [0.05, 0.1) is 0 Å². The molecule has 92 valence electrons. The van der Waals surface area contributed by atoms with Crippen molar-refractivity contribution in [2.45, 2.75) is 32.2 Å². The molecule has 1 unspecified atom stereocenters. The zero-order chi connectivity index (χ0) is 12.4. The van der Waals surface area contributed by atoms with E-state index >= 15 is 0 Å². The summed E-state index contributed by atoms with van der Waals surface area (Å²) >= 11 is 0. The van der Waals surface area contributed by atoms with Gasteiger partial charge in [-0.2, -0.15) is 0 Å². The summed E-state index contributed by atoms with van der Waals surface area (Å²) in [6, 6.07) is 8.64. The minimum absolute atomic E-state index is 0.208. The third kappa shape index (κ3) is 2.50. The second-order valence-electron chi connectivity index (χ2n) is 4.98. The van der Waals surface area contributed by atoms with Gasteiger partial charge in [-0.1, -0.05) is 32.0 Å². The molecular weight excluding hydrogens is 212 g/mol. The monoisotopic (exact) mass is 232 g/mol. The summed E-state index contributed by atoms with van der Waals surface area (Å²) in [5, 5.41) is 3.42. The predicted octanol–water partition coefficient (Wildman–Crippen LogP) is 2.13. The molecular formula is C14H20N2O. The largest absolute Gasteiger partial charge is 0.315 e. The number of rotatable bonds is 3. The SMILES string of the molecule is CC(C)NCC1CC(=O)N(C)c2ccccc21. The fourth-order valence-corrected chi connectivity index (χ4v) is 2.29. The van der Waals surface area contributed by atoms with Crippen molar-refractivity contribution < 1.29 is 4.79 Å². The number of nitrogens with zero attached hydrogens (tertiary/aromatic N) is 1. The van der Waals surface area contributed by atoms with Crippen LogP contribution < -0.4 is 10.2 Å². The van der Waals surface area contributed by atoms with Crippen molar-refractivity contribution in [2.75, 3.05) is 18.5 Å². The Morgan fingerprint density at radius 2 is 2.12 bits per heavy atom. The molecule has 1 heterocycles. The van der Waals surface area contributed by atoms with Gasteiger partial charge in [0.15, 0.2) is 0 Å². The summed E-state index contributed by atoms with van der Waals surface area (Å²) in [5.74, 6) is 0.511. The van der Waals surface area contributed by atoms with Crippen LogP contribution in [0.3, 0.4) is 0 Å². The molecule has 1 N–H and O–H groups in total. The van der Waals surface area contributed by atoms with E-state index in [4.69, 9.17) is 0 Å². The Morgan fingerprint density at radius 3 is 2.82 bits per heavy atom. The third-order valence-electron chi connectivity index (χ3n) is 3.31. The Balaban J connectivity index is 2.24. The number of anilines is 1. The van der Waals surface area contributed by atoms with E-state index in [-0.39, 0.29) is 5.91 Å². The van der Waals surface area contributed by atoms with Gasteiger partial charge in [-0.05, 0) is 11.6 Å². The van der Waals surface area contributed by atoms with Gasteiger partial charge in [0, 0.05) is 37.7 Å². The molecule has 0 radical (unpaired) electrons. The highest BCUT2D eigenvalue weighted by molar-refractivity contribution is 5.96. The molecule has 1 aliphatic heterocycles. The first-order chi connectivity index (χ1) is 8.09. The van der Waals surface area contributed by atoms with Gasteiger partial charge < -0.3 is 10.2 Å². The molecule has 3 nitrogen and oxygen atoms in total. The topological polar surface area (TPSA) is 32.3 Å². The van der Waals surface area contributed by atoms with E-state index < -0.39 is 0 Å². The van der Waals surface area contributed by atoms with E-state index in [9.17, 15) is 4.79 Å². The molecule has 1 aromatic rings. The number of carbonyl (C=O) groups excluding carboxylic acids is 1. The molecule has 0 spiro atoms. The molecule has 0 aliphatic carbocycles. The van der Waals surface area contributed by atoms with Crippen molar-refractivity contribution in [3.05, 3.63) is 29.8 Å². The van der Waals surface area contributed by atoms with Gasteiger partial charge >= 0.3 is 0 Å². The van der Waals surface area contributed by atoms with Crippen LogP contribution in [-0.4, -0.2) is 25.5 Å². The van der Waals surface area contributed by atoms with Gasteiger partial charge in [-0.25, -0.2) is 0 Å². The normalized spacial score (nSPS) is 19.6. The van der Waals surface area contributed by atoms with Crippen LogP contribution in [0.5, 0.6) is 0 Å². The van der Waals surface area contributed by atoms with E-state index in [1.165, 1.54) is 5.56 Å². The quantitative estimate of drug-likeness (QED) is 0.866. The lowest BCUT2D eigenvalue weighted by Gasteiger charge is -2.32. The molecule has 3 heteroatoms. The first-order valence-electron chi connectivity index (χ1n) is 6.18. The molecule has 2 rings (SSSR count). The maximum Gasteiger partial charge on any atom is 0.227 e. The number of para-hydroxylation sites is 1. The minimum Gasteiger partial charge on any atom is -0.315 e. The smallest absolute Gasteiger partial charge is 0.227 e. The van der Waals surface area contributed by atoms with E-state index in [2.05, 4.69) is 25.2 Å². The molecule has 0 saturated carbocycles. The standard InChI is InChI=1S/C14H20N2O/c1-10(2)15-9-11-8-14(17)16(3)13-7-5-4-6-12(11)13/h4-7,10-11,15H,8-9H2,1-3H3. The van der Waals surface area contributed by atoms with Crippen LogP contribution in [0.2, 0.25) is 0 Å². The summed E-state index contributed by atoms with van der Waals surface area (Å²) in [7, 11) is 1.85. The van der Waals surface area contributed by atoms with Crippen molar-refractivity contribution >= 4 is 11.6 Å². The Bertz CT molecular complexity index is 414. The number of fused-ring (bicyclic) bond motifs is 1. The van der Waals surface area contributed by atoms with Crippen molar-refractivity contribution in [3.63, 3.8) is 0 Å². The van der Waals surface area contributed by atoms with E-state index in [0.29, 0.717) is 18.4 Å². The maximum atomic E-state index is 11.9. The number of carbonyl (C=O) groups is 1. The predicted molar refractivity (Wildman–Crippen MR) is 70.3 cm³/mol. The zero-order valence-electron chi connectivity index (χ0n) is 10.7. The molecule has 0 fully saturated rings. The van der Waals surface area contributed by atoms with E-state index in [1.807, 2.05) is 25.2 Å². The fraction of sp³-hybridized carbons (Fsp3) is 0.500. The summed E-state index contributed by atoms with van der Waals surface area (Å²) in [6.07, 6.45) is 0.604. The summed E-state index contributed by atoms with van der Waals surface area (Å²) in [5.41, 5.74) is 2.34.